The molecule has 1 fully saturated rings. The fourth-order valence-corrected chi connectivity index (χ4v) is 4.98. The Balaban J connectivity index is 1.56. The first-order chi connectivity index (χ1) is 11.6. The maximum Gasteiger partial charge on any atom is 0.193 e. The second-order valence-corrected chi connectivity index (χ2v) is 8.39. The van der Waals surface area contributed by atoms with E-state index in [1.807, 2.05) is 18.4 Å². The molecule has 134 valence electrons. The quantitative estimate of drug-likeness (QED) is 0.647. The fourth-order valence-electron chi connectivity index (χ4n) is 3.77. The molecule has 1 aromatic rings. The van der Waals surface area contributed by atoms with Gasteiger partial charge in [-0.25, -0.2) is 4.98 Å². The summed E-state index contributed by atoms with van der Waals surface area (Å²) in [5.41, 5.74) is 0.740. The minimum Gasteiger partial charge on any atom is -0.388 e. The number of rotatable bonds is 4. The summed E-state index contributed by atoms with van der Waals surface area (Å²) in [6.07, 6.45) is 10.2. The van der Waals surface area contributed by atoms with Crippen molar-refractivity contribution < 1.29 is 5.11 Å². The Kier molecular flexibility index (Phi) is 5.76. The van der Waals surface area contributed by atoms with Gasteiger partial charge in [0.05, 0.1) is 17.8 Å². The lowest BCUT2D eigenvalue weighted by molar-refractivity contribution is 0.00819. The molecule has 1 saturated carbocycles. The highest BCUT2D eigenvalue weighted by molar-refractivity contribution is 7.11. The first-order valence-corrected chi connectivity index (χ1v) is 10.0. The van der Waals surface area contributed by atoms with Gasteiger partial charge >= 0.3 is 0 Å². The largest absolute Gasteiger partial charge is 0.388 e. The number of hydrogen-bond acceptors (Lipinski definition) is 4. The van der Waals surface area contributed by atoms with Crippen LogP contribution in [0.15, 0.2) is 4.99 Å². The SMILES string of the molecule is CN=C(NCC1(O)CCCCC1)N(C)Cc1nc2c(s1)CCCC2. The summed E-state index contributed by atoms with van der Waals surface area (Å²) in [4.78, 5) is 12.8. The first kappa shape index (κ1) is 17.7. The summed E-state index contributed by atoms with van der Waals surface area (Å²) in [6, 6.07) is 0. The molecular formula is C18H30N4OS. The van der Waals surface area contributed by atoms with E-state index in [-0.39, 0.29) is 0 Å². The van der Waals surface area contributed by atoms with E-state index in [0.29, 0.717) is 6.54 Å². The first-order valence-electron chi connectivity index (χ1n) is 9.21. The third kappa shape index (κ3) is 4.28. The topological polar surface area (TPSA) is 60.8 Å². The second kappa shape index (κ2) is 7.83. The van der Waals surface area contributed by atoms with Crippen LogP contribution in [-0.4, -0.2) is 47.2 Å². The smallest absolute Gasteiger partial charge is 0.193 e. The predicted molar refractivity (Wildman–Crippen MR) is 99.6 cm³/mol. The number of fused-ring (bicyclic) bond motifs is 1. The van der Waals surface area contributed by atoms with Crippen molar-refractivity contribution in [1.29, 1.82) is 0 Å². The van der Waals surface area contributed by atoms with Gasteiger partial charge in [-0.15, -0.1) is 11.3 Å². The van der Waals surface area contributed by atoms with Crippen LogP contribution in [0.2, 0.25) is 0 Å². The molecule has 6 heteroatoms. The zero-order chi connectivity index (χ0) is 17.0. The fraction of sp³-hybridized carbons (Fsp3) is 0.778. The molecule has 1 heterocycles. The summed E-state index contributed by atoms with van der Waals surface area (Å²) in [6.45, 7) is 1.36. The van der Waals surface area contributed by atoms with Crippen LogP contribution in [0.4, 0.5) is 0 Å². The maximum absolute atomic E-state index is 10.7. The van der Waals surface area contributed by atoms with Crippen molar-refractivity contribution in [2.75, 3.05) is 20.6 Å². The van der Waals surface area contributed by atoms with Crippen LogP contribution in [0, 0.1) is 0 Å². The number of aromatic nitrogens is 1. The molecule has 0 aliphatic heterocycles. The Morgan fingerprint density at radius 2 is 2.00 bits per heavy atom. The second-order valence-electron chi connectivity index (χ2n) is 7.23. The lowest BCUT2D eigenvalue weighted by atomic mass is 9.85. The lowest BCUT2D eigenvalue weighted by Crippen LogP contribution is -2.48. The van der Waals surface area contributed by atoms with Crippen LogP contribution in [0.1, 0.15) is 60.5 Å². The molecule has 0 saturated heterocycles. The molecular weight excluding hydrogens is 320 g/mol. The van der Waals surface area contributed by atoms with Gasteiger partial charge in [0.15, 0.2) is 5.96 Å². The molecule has 0 radical (unpaired) electrons. The van der Waals surface area contributed by atoms with Crippen molar-refractivity contribution >= 4 is 17.3 Å². The summed E-state index contributed by atoms with van der Waals surface area (Å²) < 4.78 is 0. The Morgan fingerprint density at radius 1 is 1.25 bits per heavy atom. The summed E-state index contributed by atoms with van der Waals surface area (Å²) in [5, 5.41) is 15.2. The molecule has 0 spiro atoms. The number of aliphatic hydroxyl groups is 1. The highest BCUT2D eigenvalue weighted by atomic mass is 32.1. The highest BCUT2D eigenvalue weighted by Crippen LogP contribution is 2.28. The van der Waals surface area contributed by atoms with Gasteiger partial charge in [0, 0.05) is 25.5 Å². The molecule has 1 aromatic heterocycles. The van der Waals surface area contributed by atoms with Crippen LogP contribution in [0.3, 0.4) is 0 Å². The van der Waals surface area contributed by atoms with Crippen molar-refractivity contribution in [1.82, 2.24) is 15.2 Å². The van der Waals surface area contributed by atoms with Gasteiger partial charge in [-0.05, 0) is 38.5 Å². The van der Waals surface area contributed by atoms with Crippen LogP contribution < -0.4 is 5.32 Å². The van der Waals surface area contributed by atoms with Gasteiger partial charge in [-0.2, -0.15) is 0 Å². The van der Waals surface area contributed by atoms with Gasteiger partial charge in [0.1, 0.15) is 5.01 Å². The third-order valence-electron chi connectivity index (χ3n) is 5.20. The summed E-state index contributed by atoms with van der Waals surface area (Å²) in [7, 11) is 3.84. The lowest BCUT2D eigenvalue weighted by Gasteiger charge is -2.33. The van der Waals surface area contributed by atoms with Gasteiger partial charge < -0.3 is 15.3 Å². The van der Waals surface area contributed by atoms with E-state index in [9.17, 15) is 5.11 Å². The van der Waals surface area contributed by atoms with Crippen LogP contribution >= 0.6 is 11.3 Å². The molecule has 0 unspecified atom stereocenters. The molecule has 0 aromatic carbocycles. The van der Waals surface area contributed by atoms with Gasteiger partial charge in [-0.3, -0.25) is 4.99 Å². The molecule has 3 rings (SSSR count). The molecule has 0 atom stereocenters. The van der Waals surface area contributed by atoms with Crippen molar-refractivity contribution in [2.24, 2.45) is 4.99 Å². The average molecular weight is 351 g/mol. The van der Waals surface area contributed by atoms with Crippen molar-refractivity contribution in [3.63, 3.8) is 0 Å². The Labute approximate surface area is 149 Å². The molecule has 2 aliphatic carbocycles. The van der Waals surface area contributed by atoms with E-state index >= 15 is 0 Å². The standard InChI is InChI=1S/C18H30N4OS/c1-19-17(20-13-18(23)10-6-3-7-11-18)22(2)12-16-21-14-8-4-5-9-15(14)24-16/h23H,3-13H2,1-2H3,(H,19,20). The zero-order valence-corrected chi connectivity index (χ0v) is 15.8. The van der Waals surface area contributed by atoms with E-state index in [1.165, 1.54) is 41.3 Å². The van der Waals surface area contributed by atoms with Crippen LogP contribution in [-0.2, 0) is 19.4 Å². The minimum atomic E-state index is -0.574. The molecule has 0 bridgehead atoms. The normalized spacial score (nSPS) is 20.5. The number of aliphatic imine (C=N–C) groups is 1. The molecule has 0 amide bonds. The monoisotopic (exact) mass is 350 g/mol. The van der Waals surface area contributed by atoms with Crippen molar-refractivity contribution in [2.45, 2.75) is 69.9 Å². The van der Waals surface area contributed by atoms with Gasteiger partial charge in [0.2, 0.25) is 0 Å². The number of aryl methyl sites for hydroxylation is 2. The minimum absolute atomic E-state index is 0.574. The number of thiazole rings is 1. The molecule has 5 nitrogen and oxygen atoms in total. The number of nitrogens with one attached hydrogen (secondary N) is 1. The van der Waals surface area contributed by atoms with Gasteiger partial charge in [-0.1, -0.05) is 19.3 Å². The summed E-state index contributed by atoms with van der Waals surface area (Å²) in [5.74, 6) is 0.835. The van der Waals surface area contributed by atoms with E-state index in [2.05, 4.69) is 15.2 Å². The molecule has 2 aliphatic rings. The van der Waals surface area contributed by atoms with E-state index in [1.54, 1.807) is 7.05 Å². The van der Waals surface area contributed by atoms with E-state index in [0.717, 1.165) is 44.6 Å². The van der Waals surface area contributed by atoms with Gasteiger partial charge in [0.25, 0.3) is 0 Å². The number of guanidine groups is 1. The van der Waals surface area contributed by atoms with E-state index < -0.39 is 5.60 Å². The molecule has 24 heavy (non-hydrogen) atoms. The Hall–Kier alpha value is -1.14. The van der Waals surface area contributed by atoms with Crippen LogP contribution in [0.5, 0.6) is 0 Å². The maximum atomic E-state index is 10.7. The number of nitrogens with zero attached hydrogens (tertiary/aromatic N) is 3. The average Bonchev–Trinajstić information content (AvgIpc) is 2.98. The molecule has 2 N–H and O–H groups in total. The Bertz CT molecular complexity index is 554. The highest BCUT2D eigenvalue weighted by Gasteiger charge is 2.29. The van der Waals surface area contributed by atoms with Crippen molar-refractivity contribution in [3.05, 3.63) is 15.6 Å². The summed E-state index contributed by atoms with van der Waals surface area (Å²) >= 11 is 1.85. The Morgan fingerprint density at radius 3 is 2.71 bits per heavy atom. The van der Waals surface area contributed by atoms with E-state index in [4.69, 9.17) is 4.98 Å². The zero-order valence-electron chi connectivity index (χ0n) is 15.0. The predicted octanol–water partition coefficient (Wildman–Crippen LogP) is 2.72. The van der Waals surface area contributed by atoms with Crippen molar-refractivity contribution in [3.8, 4) is 0 Å². The number of hydrogen-bond donors (Lipinski definition) is 2. The third-order valence-corrected chi connectivity index (χ3v) is 6.34. The van der Waals surface area contributed by atoms with Crippen LogP contribution in [0.25, 0.3) is 0 Å².